The first-order valence-electron chi connectivity index (χ1n) is 7.86. The number of carbonyl (C=O) groups is 1. The maximum absolute atomic E-state index is 12.4. The Kier molecular flexibility index (Phi) is 3.70. The van der Waals surface area contributed by atoms with Crippen molar-refractivity contribution in [1.82, 2.24) is 19.7 Å². The number of hydrogen-bond donors (Lipinski definition) is 1. The maximum atomic E-state index is 12.4. The molecule has 0 saturated heterocycles. The highest BCUT2D eigenvalue weighted by atomic mass is 16.2. The molecule has 6 heteroatoms. The van der Waals surface area contributed by atoms with Gasteiger partial charge in [0.25, 0.3) is 5.91 Å². The van der Waals surface area contributed by atoms with Gasteiger partial charge in [-0.3, -0.25) is 9.78 Å². The molecule has 0 radical (unpaired) electrons. The number of pyridine rings is 2. The van der Waals surface area contributed by atoms with E-state index in [4.69, 9.17) is 0 Å². The summed E-state index contributed by atoms with van der Waals surface area (Å²) in [5.41, 5.74) is 2.00. The van der Waals surface area contributed by atoms with Gasteiger partial charge in [-0.2, -0.15) is 9.78 Å². The number of rotatable bonds is 3. The zero-order valence-electron chi connectivity index (χ0n) is 13.5. The van der Waals surface area contributed by atoms with Crippen LogP contribution in [0, 0.1) is 6.92 Å². The van der Waals surface area contributed by atoms with E-state index in [1.807, 2.05) is 43.3 Å². The number of hydrogen-bond acceptors (Lipinski definition) is 4. The molecule has 0 aliphatic heterocycles. The van der Waals surface area contributed by atoms with Gasteiger partial charge in [0.1, 0.15) is 11.5 Å². The van der Waals surface area contributed by atoms with Gasteiger partial charge in [0.15, 0.2) is 5.82 Å². The molecule has 1 amide bonds. The second-order valence-electron chi connectivity index (χ2n) is 5.61. The van der Waals surface area contributed by atoms with E-state index in [-0.39, 0.29) is 5.91 Å². The minimum absolute atomic E-state index is 0.289. The molecular weight excluding hydrogens is 314 g/mol. The quantitative estimate of drug-likeness (QED) is 0.625. The first kappa shape index (κ1) is 15.0. The highest BCUT2D eigenvalue weighted by Gasteiger charge is 2.14. The van der Waals surface area contributed by atoms with Gasteiger partial charge in [-0.25, -0.2) is 4.98 Å². The Morgan fingerprint density at radius 1 is 1.04 bits per heavy atom. The lowest BCUT2D eigenvalue weighted by Crippen LogP contribution is -2.16. The molecule has 0 aliphatic carbocycles. The number of benzene rings is 1. The van der Waals surface area contributed by atoms with E-state index in [9.17, 15) is 4.79 Å². The first-order valence-corrected chi connectivity index (χ1v) is 7.86. The fourth-order valence-electron chi connectivity index (χ4n) is 2.61. The van der Waals surface area contributed by atoms with Gasteiger partial charge >= 0.3 is 0 Å². The van der Waals surface area contributed by atoms with Gasteiger partial charge in [-0.05, 0) is 37.3 Å². The van der Waals surface area contributed by atoms with E-state index in [1.54, 1.807) is 35.1 Å². The lowest BCUT2D eigenvalue weighted by atomic mass is 10.2. The summed E-state index contributed by atoms with van der Waals surface area (Å²) in [6.07, 6.45) is 1.59. The molecule has 4 rings (SSSR count). The summed E-state index contributed by atoms with van der Waals surface area (Å²) in [5.74, 6) is 0.904. The summed E-state index contributed by atoms with van der Waals surface area (Å²) in [4.78, 5) is 21.1. The number of nitrogens with one attached hydrogen (secondary N) is 1. The smallest absolute Gasteiger partial charge is 0.275 e. The molecule has 122 valence electrons. The van der Waals surface area contributed by atoms with Crippen LogP contribution in [0.3, 0.4) is 0 Å². The second kappa shape index (κ2) is 6.16. The zero-order valence-corrected chi connectivity index (χ0v) is 13.5. The molecule has 0 spiro atoms. The average molecular weight is 329 g/mol. The van der Waals surface area contributed by atoms with Crippen LogP contribution >= 0.6 is 0 Å². The Labute approximate surface area is 144 Å². The van der Waals surface area contributed by atoms with E-state index < -0.39 is 0 Å². The van der Waals surface area contributed by atoms with E-state index >= 15 is 0 Å². The molecule has 3 aromatic heterocycles. The van der Waals surface area contributed by atoms with Crippen molar-refractivity contribution in [3.8, 4) is 5.82 Å². The Bertz CT molecular complexity index is 1060. The summed E-state index contributed by atoms with van der Waals surface area (Å²) >= 11 is 0. The van der Waals surface area contributed by atoms with Crippen molar-refractivity contribution in [2.75, 3.05) is 5.32 Å². The molecule has 6 nitrogen and oxygen atoms in total. The molecular formula is C19H15N5O. The molecule has 4 aromatic rings. The number of nitrogens with zero attached hydrogens (tertiary/aromatic N) is 4. The maximum Gasteiger partial charge on any atom is 0.275 e. The molecule has 25 heavy (non-hydrogen) atoms. The second-order valence-corrected chi connectivity index (χ2v) is 5.61. The van der Waals surface area contributed by atoms with Crippen LogP contribution in [0.15, 0.2) is 66.9 Å². The summed E-state index contributed by atoms with van der Waals surface area (Å²) in [6.45, 7) is 1.87. The van der Waals surface area contributed by atoms with Gasteiger partial charge in [-0.15, -0.1) is 0 Å². The fraction of sp³-hybridized carbons (Fsp3) is 0.0526. The number of amides is 1. The average Bonchev–Trinajstić information content (AvgIpc) is 3.02. The molecule has 3 heterocycles. The topological polar surface area (TPSA) is 72.7 Å². The van der Waals surface area contributed by atoms with Crippen LogP contribution in [0.5, 0.6) is 0 Å². The summed E-state index contributed by atoms with van der Waals surface area (Å²) < 4.78 is 1.63. The van der Waals surface area contributed by atoms with Gasteiger partial charge < -0.3 is 5.32 Å². The minimum atomic E-state index is -0.289. The molecule has 0 aliphatic rings. The third-order valence-electron chi connectivity index (χ3n) is 3.77. The third kappa shape index (κ3) is 2.97. The molecule has 0 atom stereocenters. The van der Waals surface area contributed by atoms with Crippen molar-refractivity contribution in [2.24, 2.45) is 0 Å². The lowest BCUT2D eigenvalue weighted by molar-refractivity contribution is 0.102. The molecule has 0 fully saturated rings. The summed E-state index contributed by atoms with van der Waals surface area (Å²) in [5, 5.41) is 8.36. The van der Waals surface area contributed by atoms with Crippen molar-refractivity contribution in [2.45, 2.75) is 6.92 Å². The van der Waals surface area contributed by atoms with Crippen LogP contribution in [-0.4, -0.2) is 25.7 Å². The molecule has 0 bridgehead atoms. The number of carbonyl (C=O) groups excluding carboxylic acids is 1. The summed E-state index contributed by atoms with van der Waals surface area (Å²) in [6, 6.07) is 18.7. The Hall–Kier alpha value is -3.54. The van der Waals surface area contributed by atoms with Crippen LogP contribution in [-0.2, 0) is 0 Å². The highest BCUT2D eigenvalue weighted by Crippen LogP contribution is 2.19. The first-order chi connectivity index (χ1) is 12.2. The van der Waals surface area contributed by atoms with Crippen molar-refractivity contribution < 1.29 is 4.79 Å². The minimum Gasteiger partial charge on any atom is -0.305 e. The fourth-order valence-corrected chi connectivity index (χ4v) is 2.61. The number of anilines is 1. The number of para-hydroxylation sites is 1. The summed E-state index contributed by atoms with van der Waals surface area (Å²) in [7, 11) is 0. The van der Waals surface area contributed by atoms with Crippen LogP contribution in [0.4, 0.5) is 5.82 Å². The van der Waals surface area contributed by atoms with Crippen molar-refractivity contribution in [1.29, 1.82) is 0 Å². The van der Waals surface area contributed by atoms with E-state index in [0.717, 1.165) is 16.6 Å². The lowest BCUT2D eigenvalue weighted by Gasteiger charge is -2.08. The van der Waals surface area contributed by atoms with Crippen LogP contribution in [0.1, 0.15) is 16.2 Å². The molecule has 0 unspecified atom stereocenters. The van der Waals surface area contributed by atoms with Gasteiger partial charge in [0.2, 0.25) is 0 Å². The van der Waals surface area contributed by atoms with E-state index in [2.05, 4.69) is 20.4 Å². The SMILES string of the molecule is Cc1cc(NC(=O)c2ccccn2)n(-c2ccc3ccccc3n2)n1. The highest BCUT2D eigenvalue weighted by molar-refractivity contribution is 6.02. The van der Waals surface area contributed by atoms with Gasteiger partial charge in [0, 0.05) is 17.6 Å². The predicted octanol–water partition coefficient (Wildman–Crippen LogP) is 3.38. The molecule has 1 N–H and O–H groups in total. The number of fused-ring (bicyclic) bond motifs is 1. The number of aryl methyl sites for hydroxylation is 1. The predicted molar refractivity (Wildman–Crippen MR) is 95.8 cm³/mol. The normalized spacial score (nSPS) is 10.8. The van der Waals surface area contributed by atoms with Gasteiger partial charge in [-0.1, -0.05) is 24.3 Å². The Morgan fingerprint density at radius 3 is 2.72 bits per heavy atom. The van der Waals surface area contributed by atoms with Crippen LogP contribution in [0.25, 0.3) is 16.7 Å². The number of aromatic nitrogens is 4. The van der Waals surface area contributed by atoms with Crippen LogP contribution < -0.4 is 5.32 Å². The van der Waals surface area contributed by atoms with E-state index in [1.165, 1.54) is 0 Å². The molecule has 0 saturated carbocycles. The standard InChI is InChI=1S/C19H15N5O/c1-13-12-18(22-19(25)16-8-4-5-11-20-16)24(23-13)17-10-9-14-6-2-3-7-15(14)21-17/h2-12H,1H3,(H,22,25). The van der Waals surface area contributed by atoms with E-state index in [0.29, 0.717) is 17.3 Å². The van der Waals surface area contributed by atoms with Crippen molar-refractivity contribution >= 4 is 22.6 Å². The van der Waals surface area contributed by atoms with Gasteiger partial charge in [0.05, 0.1) is 11.2 Å². The van der Waals surface area contributed by atoms with Crippen molar-refractivity contribution in [3.05, 3.63) is 78.2 Å². The zero-order chi connectivity index (χ0) is 17.2. The van der Waals surface area contributed by atoms with Crippen molar-refractivity contribution in [3.63, 3.8) is 0 Å². The van der Waals surface area contributed by atoms with Crippen LogP contribution in [0.2, 0.25) is 0 Å². The largest absolute Gasteiger partial charge is 0.305 e. The Morgan fingerprint density at radius 2 is 1.88 bits per heavy atom. The third-order valence-corrected chi connectivity index (χ3v) is 3.77. The molecule has 1 aromatic carbocycles. The Balaban J connectivity index is 1.72. The monoisotopic (exact) mass is 329 g/mol.